The number of nitrogens with one attached hydrogen (secondary N) is 1. The lowest BCUT2D eigenvalue weighted by molar-refractivity contribution is -0.156. The van der Waals surface area contributed by atoms with Gasteiger partial charge in [-0.3, -0.25) is 15.0 Å². The molecule has 0 radical (unpaired) electrons. The first-order valence-corrected chi connectivity index (χ1v) is 5.84. The molecule has 1 unspecified atom stereocenters. The Labute approximate surface area is 110 Å². The smallest absolute Gasteiger partial charge is 0.331 e. The molecule has 0 aliphatic carbocycles. The standard InChI is InChI=1S/C13H14N2O4/c1-2-18-12(17)13(10(14)16)7-8-5-3-4-6-9(8)19-11(13)15/h3-6,15H,2,7H2,1H3,(H2,14,16). The fraction of sp³-hybridized carbons (Fsp3) is 0.308. The zero-order chi connectivity index (χ0) is 14.0. The number of hydrogen-bond donors (Lipinski definition) is 2. The lowest BCUT2D eigenvalue weighted by Gasteiger charge is -2.32. The van der Waals surface area contributed by atoms with E-state index < -0.39 is 23.2 Å². The van der Waals surface area contributed by atoms with Gasteiger partial charge in [0.05, 0.1) is 6.61 Å². The monoisotopic (exact) mass is 262 g/mol. The van der Waals surface area contributed by atoms with Crippen LogP contribution in [0.3, 0.4) is 0 Å². The van der Waals surface area contributed by atoms with Crippen LogP contribution in [0.1, 0.15) is 12.5 Å². The largest absolute Gasteiger partial charge is 0.465 e. The Morgan fingerprint density at radius 1 is 1.47 bits per heavy atom. The summed E-state index contributed by atoms with van der Waals surface area (Å²) < 4.78 is 10.1. The Balaban J connectivity index is 2.49. The van der Waals surface area contributed by atoms with Gasteiger partial charge in [-0.15, -0.1) is 0 Å². The molecule has 1 aliphatic heterocycles. The number of nitrogens with two attached hydrogens (primary N) is 1. The molecule has 1 heterocycles. The number of rotatable bonds is 3. The van der Waals surface area contributed by atoms with Gasteiger partial charge in [0, 0.05) is 6.42 Å². The van der Waals surface area contributed by atoms with Crippen molar-refractivity contribution >= 4 is 17.8 Å². The molecule has 100 valence electrons. The van der Waals surface area contributed by atoms with Crippen molar-refractivity contribution in [3.8, 4) is 5.75 Å². The van der Waals surface area contributed by atoms with Crippen molar-refractivity contribution in [3.05, 3.63) is 29.8 Å². The van der Waals surface area contributed by atoms with Crippen LogP contribution in [0.2, 0.25) is 0 Å². The third kappa shape index (κ3) is 1.95. The molecule has 0 fully saturated rings. The number of esters is 1. The minimum Gasteiger partial charge on any atom is -0.465 e. The first-order valence-electron chi connectivity index (χ1n) is 5.84. The third-order valence-electron chi connectivity index (χ3n) is 3.07. The molecule has 1 atom stereocenters. The van der Waals surface area contributed by atoms with E-state index in [1.165, 1.54) is 0 Å². The van der Waals surface area contributed by atoms with E-state index in [9.17, 15) is 9.59 Å². The van der Waals surface area contributed by atoms with E-state index in [2.05, 4.69) is 0 Å². The fourth-order valence-electron chi connectivity index (χ4n) is 2.03. The predicted octanol–water partition coefficient (Wildman–Crippen LogP) is 0.634. The van der Waals surface area contributed by atoms with Crippen LogP contribution in [0.25, 0.3) is 0 Å². The van der Waals surface area contributed by atoms with Gasteiger partial charge in [0.15, 0.2) is 0 Å². The van der Waals surface area contributed by atoms with Gasteiger partial charge < -0.3 is 15.2 Å². The number of carbonyl (C=O) groups is 2. The second-order valence-electron chi connectivity index (χ2n) is 4.21. The molecule has 0 spiro atoms. The molecule has 1 aromatic rings. The zero-order valence-electron chi connectivity index (χ0n) is 10.4. The topological polar surface area (TPSA) is 102 Å². The fourth-order valence-corrected chi connectivity index (χ4v) is 2.03. The third-order valence-corrected chi connectivity index (χ3v) is 3.07. The summed E-state index contributed by atoms with van der Waals surface area (Å²) in [7, 11) is 0. The highest BCUT2D eigenvalue weighted by Crippen LogP contribution is 2.36. The molecule has 6 nitrogen and oxygen atoms in total. The molecule has 0 saturated carbocycles. The lowest BCUT2D eigenvalue weighted by Crippen LogP contribution is -2.55. The molecule has 1 aromatic carbocycles. The molecule has 19 heavy (non-hydrogen) atoms. The van der Waals surface area contributed by atoms with Gasteiger partial charge in [0.1, 0.15) is 5.75 Å². The zero-order valence-corrected chi connectivity index (χ0v) is 10.4. The number of primary amides is 1. The summed E-state index contributed by atoms with van der Waals surface area (Å²) in [5.74, 6) is -1.82. The van der Waals surface area contributed by atoms with E-state index >= 15 is 0 Å². The van der Waals surface area contributed by atoms with Crippen molar-refractivity contribution < 1.29 is 19.1 Å². The minimum absolute atomic E-state index is 0.0177. The van der Waals surface area contributed by atoms with Crippen LogP contribution in [-0.2, 0) is 20.7 Å². The van der Waals surface area contributed by atoms with Crippen LogP contribution in [-0.4, -0.2) is 24.4 Å². The Hall–Kier alpha value is -2.37. The van der Waals surface area contributed by atoms with Gasteiger partial charge in [-0.2, -0.15) is 0 Å². The maximum absolute atomic E-state index is 12.0. The number of hydrogen-bond acceptors (Lipinski definition) is 5. The lowest BCUT2D eigenvalue weighted by atomic mass is 9.78. The highest BCUT2D eigenvalue weighted by atomic mass is 16.5. The highest BCUT2D eigenvalue weighted by Gasteiger charge is 2.54. The Kier molecular flexibility index (Phi) is 3.25. The van der Waals surface area contributed by atoms with E-state index in [1.807, 2.05) is 0 Å². The normalized spacial score (nSPS) is 21.2. The van der Waals surface area contributed by atoms with E-state index in [-0.39, 0.29) is 13.0 Å². The summed E-state index contributed by atoms with van der Waals surface area (Å²) in [6, 6.07) is 6.89. The minimum atomic E-state index is -1.87. The van der Waals surface area contributed by atoms with Crippen molar-refractivity contribution in [2.24, 2.45) is 11.1 Å². The van der Waals surface area contributed by atoms with Crippen LogP contribution in [0.15, 0.2) is 24.3 Å². The average Bonchev–Trinajstić information content (AvgIpc) is 2.37. The van der Waals surface area contributed by atoms with Gasteiger partial charge >= 0.3 is 5.97 Å². The van der Waals surface area contributed by atoms with Crippen molar-refractivity contribution in [1.29, 1.82) is 5.41 Å². The number of benzene rings is 1. The maximum Gasteiger partial charge on any atom is 0.331 e. The second kappa shape index (κ2) is 4.72. The van der Waals surface area contributed by atoms with Crippen LogP contribution < -0.4 is 10.5 Å². The van der Waals surface area contributed by atoms with Crippen LogP contribution >= 0.6 is 0 Å². The quantitative estimate of drug-likeness (QED) is 0.616. The van der Waals surface area contributed by atoms with Crippen molar-refractivity contribution in [2.45, 2.75) is 13.3 Å². The number of amides is 1. The summed E-state index contributed by atoms with van der Waals surface area (Å²) >= 11 is 0. The molecule has 0 aromatic heterocycles. The maximum atomic E-state index is 12.0. The Morgan fingerprint density at radius 2 is 2.16 bits per heavy atom. The van der Waals surface area contributed by atoms with Gasteiger partial charge in [-0.05, 0) is 18.6 Å². The summed E-state index contributed by atoms with van der Waals surface area (Å²) in [6.07, 6.45) is -0.0177. The van der Waals surface area contributed by atoms with Crippen molar-refractivity contribution in [1.82, 2.24) is 0 Å². The van der Waals surface area contributed by atoms with Crippen molar-refractivity contribution in [3.63, 3.8) is 0 Å². The Bertz CT molecular complexity index is 555. The molecule has 3 N–H and O–H groups in total. The van der Waals surface area contributed by atoms with Gasteiger partial charge in [0.2, 0.25) is 17.2 Å². The highest BCUT2D eigenvalue weighted by molar-refractivity contribution is 6.21. The van der Waals surface area contributed by atoms with Crippen LogP contribution in [0.5, 0.6) is 5.75 Å². The van der Waals surface area contributed by atoms with Crippen LogP contribution in [0, 0.1) is 10.8 Å². The Morgan fingerprint density at radius 3 is 2.79 bits per heavy atom. The molecule has 1 aliphatic rings. The summed E-state index contributed by atoms with van der Waals surface area (Å²) in [4.78, 5) is 23.8. The van der Waals surface area contributed by atoms with E-state index in [0.717, 1.165) is 0 Å². The van der Waals surface area contributed by atoms with Crippen LogP contribution in [0.4, 0.5) is 0 Å². The average molecular weight is 262 g/mol. The molecular formula is C13H14N2O4. The van der Waals surface area contributed by atoms with Gasteiger partial charge in [-0.1, -0.05) is 18.2 Å². The molecule has 1 amide bonds. The number of para-hydroxylation sites is 1. The predicted molar refractivity (Wildman–Crippen MR) is 66.8 cm³/mol. The van der Waals surface area contributed by atoms with Gasteiger partial charge in [-0.25, -0.2) is 0 Å². The summed E-state index contributed by atoms with van der Waals surface area (Å²) in [5, 5.41) is 7.84. The van der Waals surface area contributed by atoms with E-state index in [4.69, 9.17) is 20.6 Å². The molecule has 0 saturated heterocycles. The number of fused-ring (bicyclic) bond motifs is 1. The second-order valence-corrected chi connectivity index (χ2v) is 4.21. The summed E-state index contributed by atoms with van der Waals surface area (Å²) in [5.41, 5.74) is 4.09. The van der Waals surface area contributed by atoms with Crippen molar-refractivity contribution in [2.75, 3.05) is 6.61 Å². The first kappa shape index (κ1) is 13.1. The molecule has 0 bridgehead atoms. The first-order chi connectivity index (χ1) is 9.02. The molecular weight excluding hydrogens is 248 g/mol. The number of carbonyl (C=O) groups excluding carboxylic acids is 2. The van der Waals surface area contributed by atoms with Gasteiger partial charge in [0.25, 0.3) is 0 Å². The molecule has 2 rings (SSSR count). The summed E-state index contributed by atoms with van der Waals surface area (Å²) in [6.45, 7) is 1.72. The van der Waals surface area contributed by atoms with E-state index in [0.29, 0.717) is 11.3 Å². The SMILES string of the molecule is CCOC(=O)C1(C(N)=O)Cc2ccccc2OC1=N. The molecule has 6 heteroatoms. The number of ether oxygens (including phenoxy) is 2. The van der Waals surface area contributed by atoms with E-state index in [1.54, 1.807) is 31.2 Å².